The Balaban J connectivity index is 0. The average molecular weight is 297 g/mol. The first-order valence-electron chi connectivity index (χ1n) is 5.15. The van der Waals surface area contributed by atoms with Crippen LogP contribution in [0.4, 0.5) is 13.2 Å². The number of alkyl halides is 3. The van der Waals surface area contributed by atoms with Crippen LogP contribution in [0.5, 0.6) is 0 Å². The van der Waals surface area contributed by atoms with Crippen LogP contribution < -0.4 is 10.2 Å². The van der Waals surface area contributed by atoms with E-state index in [4.69, 9.17) is 10.2 Å². The topological polar surface area (TPSA) is 106 Å². The molecule has 4 N–H and O–H groups in total. The molecule has 6 nitrogen and oxygen atoms in total. The van der Waals surface area contributed by atoms with E-state index in [1.807, 2.05) is 5.32 Å². The molecule has 1 unspecified atom stereocenters. The van der Waals surface area contributed by atoms with Gasteiger partial charge in [0.05, 0.1) is 39.3 Å². The summed E-state index contributed by atoms with van der Waals surface area (Å²) in [6.07, 6.45) is -5.61. The summed E-state index contributed by atoms with van der Waals surface area (Å²) < 4.78 is 48.1. The molecule has 0 saturated carbocycles. The number of aliphatic hydroxyl groups is 2. The van der Waals surface area contributed by atoms with Gasteiger partial charge in [-0.3, -0.25) is 0 Å². The number of quaternary nitrogens is 1. The fraction of sp³-hybridized carbons (Fsp3) is 1.00. The second-order valence-corrected chi connectivity index (χ2v) is 5.08. The largest absolute Gasteiger partial charge is 0.779 e. The van der Waals surface area contributed by atoms with E-state index < -0.39 is 26.8 Å². The first kappa shape index (κ1) is 20.1. The minimum Gasteiger partial charge on any atom is -0.779 e. The van der Waals surface area contributed by atoms with Gasteiger partial charge in [0, 0.05) is 6.66 Å². The van der Waals surface area contributed by atoms with E-state index in [2.05, 4.69) is 4.52 Å². The molecule has 18 heavy (non-hydrogen) atoms. The molecule has 10 heteroatoms. The van der Waals surface area contributed by atoms with Crippen molar-refractivity contribution in [1.82, 2.24) is 0 Å². The summed E-state index contributed by atoms with van der Waals surface area (Å²) in [5, 5.41) is 18.2. The molecule has 0 aliphatic rings. The maximum absolute atomic E-state index is 11.4. The zero-order valence-corrected chi connectivity index (χ0v) is 10.9. The van der Waals surface area contributed by atoms with Gasteiger partial charge >= 0.3 is 6.18 Å². The summed E-state index contributed by atoms with van der Waals surface area (Å²) in [4.78, 5) is 10.2. The van der Waals surface area contributed by atoms with Crippen molar-refractivity contribution in [2.24, 2.45) is 0 Å². The lowest BCUT2D eigenvalue weighted by Crippen LogP contribution is -2.85. The predicted molar refractivity (Wildman–Crippen MR) is 56.0 cm³/mol. The van der Waals surface area contributed by atoms with E-state index in [1.165, 1.54) is 0 Å². The first-order valence-corrected chi connectivity index (χ1v) is 7.14. The second kappa shape index (κ2) is 10.7. The fourth-order valence-electron chi connectivity index (χ4n) is 0.654. The minimum atomic E-state index is -4.37. The van der Waals surface area contributed by atoms with Crippen molar-refractivity contribution in [3.8, 4) is 0 Å². The Morgan fingerprint density at radius 3 is 2.00 bits per heavy atom. The van der Waals surface area contributed by atoms with Crippen LogP contribution in [0.2, 0.25) is 0 Å². The Labute approximate surface area is 103 Å². The molecule has 0 fully saturated rings. The van der Waals surface area contributed by atoms with E-state index in [1.54, 1.807) is 0 Å². The van der Waals surface area contributed by atoms with Crippen molar-refractivity contribution in [3.63, 3.8) is 0 Å². The SMILES string of the molecule is CP(=O)([O-])OCCC(F)(F)F.OCC[NH2+]CCO. The smallest absolute Gasteiger partial charge is 0.391 e. The van der Waals surface area contributed by atoms with Crippen molar-refractivity contribution in [1.29, 1.82) is 0 Å². The van der Waals surface area contributed by atoms with E-state index >= 15 is 0 Å². The second-order valence-electron chi connectivity index (χ2n) is 3.28. The molecule has 1 atom stereocenters. The first-order chi connectivity index (χ1) is 8.12. The Morgan fingerprint density at radius 1 is 1.28 bits per heavy atom. The molecule has 0 spiro atoms. The highest BCUT2D eigenvalue weighted by Gasteiger charge is 2.26. The predicted octanol–water partition coefficient (Wildman–Crippen LogP) is -1.33. The summed E-state index contributed by atoms with van der Waals surface area (Å²) >= 11 is 0. The molecular formula is C8H19F3NO5P. The quantitative estimate of drug-likeness (QED) is 0.399. The average Bonchev–Trinajstić information content (AvgIpc) is 2.15. The van der Waals surface area contributed by atoms with Crippen LogP contribution >= 0.6 is 7.60 Å². The van der Waals surface area contributed by atoms with Gasteiger partial charge in [0.1, 0.15) is 7.60 Å². The number of halogens is 3. The van der Waals surface area contributed by atoms with Crippen LogP contribution in [0.1, 0.15) is 6.42 Å². The summed E-state index contributed by atoms with van der Waals surface area (Å²) in [5.41, 5.74) is 0. The zero-order chi connectivity index (χ0) is 14.7. The molecule has 0 aromatic rings. The molecule has 0 aromatic carbocycles. The lowest BCUT2D eigenvalue weighted by molar-refractivity contribution is -0.657. The summed E-state index contributed by atoms with van der Waals surface area (Å²) in [6.45, 7) is 1.67. The number of rotatable bonds is 7. The summed E-state index contributed by atoms with van der Waals surface area (Å²) in [6, 6.07) is 0. The number of hydrogen-bond donors (Lipinski definition) is 3. The third kappa shape index (κ3) is 24.9. The van der Waals surface area contributed by atoms with Crippen molar-refractivity contribution >= 4 is 7.60 Å². The van der Waals surface area contributed by atoms with Crippen molar-refractivity contribution in [2.45, 2.75) is 12.6 Å². The molecular weight excluding hydrogens is 278 g/mol. The van der Waals surface area contributed by atoms with E-state index in [0.717, 1.165) is 6.66 Å². The van der Waals surface area contributed by atoms with Crippen molar-refractivity contribution in [3.05, 3.63) is 0 Å². The molecule has 0 amide bonds. The molecule has 0 rings (SSSR count). The fourth-order valence-corrected chi connectivity index (χ4v) is 1.08. The van der Waals surface area contributed by atoms with Gasteiger partial charge in [0.2, 0.25) is 0 Å². The minimum absolute atomic E-state index is 0.194. The van der Waals surface area contributed by atoms with E-state index in [9.17, 15) is 22.6 Å². The van der Waals surface area contributed by atoms with Gasteiger partial charge in [0.25, 0.3) is 0 Å². The molecule has 0 saturated heterocycles. The third-order valence-corrected chi connectivity index (χ3v) is 2.03. The summed E-state index contributed by atoms with van der Waals surface area (Å²) in [7, 11) is -4.00. The molecule has 0 bridgehead atoms. The van der Waals surface area contributed by atoms with Gasteiger partial charge in [-0.2, -0.15) is 13.2 Å². The van der Waals surface area contributed by atoms with Crippen molar-refractivity contribution in [2.75, 3.05) is 39.6 Å². The number of nitrogens with two attached hydrogens (primary N) is 1. The van der Waals surface area contributed by atoms with Gasteiger partial charge in [-0.25, -0.2) is 0 Å². The van der Waals surface area contributed by atoms with Crippen LogP contribution in [0, 0.1) is 0 Å². The van der Waals surface area contributed by atoms with Crippen LogP contribution in [-0.4, -0.2) is 56.0 Å². The Bertz CT molecular complexity index is 229. The molecule has 0 aliphatic carbocycles. The lowest BCUT2D eigenvalue weighted by atomic mass is 10.5. The monoisotopic (exact) mass is 297 g/mol. The van der Waals surface area contributed by atoms with E-state index in [0.29, 0.717) is 13.1 Å². The Kier molecular flexibility index (Phi) is 12.0. The van der Waals surface area contributed by atoms with Gasteiger partial charge < -0.3 is 29.5 Å². The maximum atomic E-state index is 11.4. The van der Waals surface area contributed by atoms with Gasteiger partial charge in [-0.1, -0.05) is 0 Å². The highest BCUT2D eigenvalue weighted by molar-refractivity contribution is 7.50. The number of aliphatic hydroxyl groups excluding tert-OH is 2. The van der Waals surface area contributed by atoms with Gasteiger partial charge in [0.15, 0.2) is 0 Å². The molecule has 0 aromatic heterocycles. The van der Waals surface area contributed by atoms with Crippen LogP contribution in [0.25, 0.3) is 0 Å². The summed E-state index contributed by atoms with van der Waals surface area (Å²) in [5.74, 6) is 0. The highest BCUT2D eigenvalue weighted by Crippen LogP contribution is 2.32. The van der Waals surface area contributed by atoms with Crippen molar-refractivity contribution < 1.29 is 42.7 Å². The lowest BCUT2D eigenvalue weighted by Gasteiger charge is -2.17. The zero-order valence-electron chi connectivity index (χ0n) is 10.0. The Morgan fingerprint density at radius 2 is 1.72 bits per heavy atom. The molecule has 0 heterocycles. The third-order valence-electron chi connectivity index (χ3n) is 1.38. The maximum Gasteiger partial charge on any atom is 0.391 e. The van der Waals surface area contributed by atoms with Crippen LogP contribution in [0.3, 0.4) is 0 Å². The molecule has 112 valence electrons. The molecule has 0 radical (unpaired) electrons. The molecule has 0 aliphatic heterocycles. The van der Waals surface area contributed by atoms with Crippen LogP contribution in [0.15, 0.2) is 0 Å². The standard InChI is InChI=1S/C4H8F3O3P.C4H11NO2/c1-11(8,9)10-3-2-4(5,6)7;6-3-1-5-2-4-7/h2-3H2,1H3,(H,8,9);5-7H,1-4H2. The van der Waals surface area contributed by atoms with Gasteiger partial charge in [-0.05, 0) is 0 Å². The van der Waals surface area contributed by atoms with Crippen LogP contribution in [-0.2, 0) is 9.09 Å². The van der Waals surface area contributed by atoms with E-state index in [-0.39, 0.29) is 13.2 Å². The Hall–Kier alpha value is -0.180. The normalized spacial score (nSPS) is 14.6. The highest BCUT2D eigenvalue weighted by atomic mass is 31.2. The number of hydrogen-bond acceptors (Lipinski definition) is 5. The van der Waals surface area contributed by atoms with Gasteiger partial charge in [-0.15, -0.1) is 0 Å².